The van der Waals surface area contributed by atoms with Crippen LogP contribution in [0, 0.1) is 0 Å². The third-order valence-electron chi connectivity index (χ3n) is 1.50. The molecule has 5 heteroatoms. The monoisotopic (exact) mass is 201 g/mol. The van der Waals surface area contributed by atoms with Crippen molar-refractivity contribution in [2.75, 3.05) is 0 Å². The molecular formula is C8H10ClN2O2-. The van der Waals surface area contributed by atoms with E-state index in [9.17, 15) is 9.90 Å². The van der Waals surface area contributed by atoms with Crippen LogP contribution in [0.3, 0.4) is 0 Å². The normalized spacial score (nSPS) is 11.5. The van der Waals surface area contributed by atoms with E-state index in [1.165, 1.54) is 0 Å². The van der Waals surface area contributed by atoms with Crippen LogP contribution in [0.1, 0.15) is 18.0 Å². The Morgan fingerprint density at radius 2 is 2.38 bits per heavy atom. The van der Waals surface area contributed by atoms with Crippen molar-refractivity contribution in [1.82, 2.24) is 4.98 Å². The number of carboxylic acids is 1. The maximum Gasteiger partial charge on any atom is 0.0433 e. The lowest BCUT2D eigenvalue weighted by Gasteiger charge is -2.11. The van der Waals surface area contributed by atoms with E-state index in [0.717, 1.165) is 0 Å². The first-order chi connectivity index (χ1) is 5.70. The van der Waals surface area contributed by atoms with Crippen molar-refractivity contribution in [2.45, 2.75) is 12.5 Å². The number of carboxylic acid groups (broad SMARTS) is 1. The number of nitrogens with zero attached hydrogens (tertiary/aromatic N) is 1. The lowest BCUT2D eigenvalue weighted by molar-refractivity contribution is -0.306. The molecule has 4 nitrogen and oxygen atoms in total. The number of aliphatic carboxylic acids is 1. The largest absolute Gasteiger partial charge is 0.550 e. The van der Waals surface area contributed by atoms with E-state index in [4.69, 9.17) is 5.73 Å². The van der Waals surface area contributed by atoms with Crippen molar-refractivity contribution < 1.29 is 9.90 Å². The summed E-state index contributed by atoms with van der Waals surface area (Å²) in [5.41, 5.74) is 6.24. The summed E-state index contributed by atoms with van der Waals surface area (Å²) in [5, 5.41) is 10.2. The molecule has 0 bridgehead atoms. The van der Waals surface area contributed by atoms with Crippen LogP contribution in [0.15, 0.2) is 24.5 Å². The molecule has 0 fully saturated rings. The number of aromatic nitrogens is 1. The highest BCUT2D eigenvalue weighted by Crippen LogP contribution is 2.10. The van der Waals surface area contributed by atoms with E-state index in [-0.39, 0.29) is 18.8 Å². The van der Waals surface area contributed by atoms with Gasteiger partial charge >= 0.3 is 0 Å². The van der Waals surface area contributed by atoms with Gasteiger partial charge in [0.25, 0.3) is 0 Å². The molecule has 0 saturated heterocycles. The molecule has 0 saturated carbocycles. The quantitative estimate of drug-likeness (QED) is 0.725. The number of rotatable bonds is 3. The van der Waals surface area contributed by atoms with Gasteiger partial charge in [-0.25, -0.2) is 0 Å². The van der Waals surface area contributed by atoms with Gasteiger partial charge in [-0.2, -0.15) is 0 Å². The first-order valence-corrected chi connectivity index (χ1v) is 3.55. The summed E-state index contributed by atoms with van der Waals surface area (Å²) in [4.78, 5) is 14.0. The Morgan fingerprint density at radius 3 is 2.85 bits per heavy atom. The minimum atomic E-state index is -1.15. The summed E-state index contributed by atoms with van der Waals surface area (Å²) in [5.74, 6) is -1.15. The lowest BCUT2D eigenvalue weighted by atomic mass is 10.1. The predicted octanol–water partition coefficient (Wildman–Crippen LogP) is -0.357. The Hall–Kier alpha value is -1.13. The third kappa shape index (κ3) is 3.87. The Morgan fingerprint density at radius 1 is 1.69 bits per heavy atom. The average molecular weight is 202 g/mol. The standard InChI is InChI=1S/C8H10N2O2.ClH/c9-7(4-8(11)12)6-2-1-3-10-5-6;/h1-3,5,7H,4,9H2,(H,11,12);1H/p-1. The maximum atomic E-state index is 10.2. The molecule has 0 aliphatic rings. The second-order valence-corrected chi connectivity index (χ2v) is 2.47. The summed E-state index contributed by atoms with van der Waals surface area (Å²) >= 11 is 0. The smallest absolute Gasteiger partial charge is 0.0433 e. The van der Waals surface area contributed by atoms with E-state index >= 15 is 0 Å². The highest BCUT2D eigenvalue weighted by atomic mass is 35.5. The zero-order valence-electron chi connectivity index (χ0n) is 6.84. The van der Waals surface area contributed by atoms with Gasteiger partial charge in [0.2, 0.25) is 0 Å². The average Bonchev–Trinajstić information content (AvgIpc) is 2.05. The van der Waals surface area contributed by atoms with Gasteiger partial charge in [-0.15, -0.1) is 12.4 Å². The molecule has 1 atom stereocenters. The van der Waals surface area contributed by atoms with Crippen molar-refractivity contribution in [3.05, 3.63) is 30.1 Å². The van der Waals surface area contributed by atoms with Gasteiger partial charge in [0.1, 0.15) is 0 Å². The van der Waals surface area contributed by atoms with Crippen LogP contribution in [0.25, 0.3) is 0 Å². The topological polar surface area (TPSA) is 79.0 Å². The summed E-state index contributed by atoms with van der Waals surface area (Å²) in [6, 6.07) is 2.93. The summed E-state index contributed by atoms with van der Waals surface area (Å²) in [6.45, 7) is 0. The van der Waals surface area contributed by atoms with Crippen LogP contribution in [0.2, 0.25) is 0 Å². The highest BCUT2D eigenvalue weighted by molar-refractivity contribution is 5.85. The SMILES string of the molecule is Cl.NC(CC(=O)[O-])c1cccnc1. The van der Waals surface area contributed by atoms with Crippen LogP contribution >= 0.6 is 12.4 Å². The maximum absolute atomic E-state index is 10.2. The molecule has 72 valence electrons. The van der Waals surface area contributed by atoms with Gasteiger partial charge in [0, 0.05) is 30.8 Å². The summed E-state index contributed by atoms with van der Waals surface area (Å²) < 4.78 is 0. The van der Waals surface area contributed by atoms with E-state index in [1.807, 2.05) is 0 Å². The van der Waals surface area contributed by atoms with E-state index in [0.29, 0.717) is 5.56 Å². The van der Waals surface area contributed by atoms with Crippen molar-refractivity contribution in [3.63, 3.8) is 0 Å². The number of pyridine rings is 1. The molecule has 1 aromatic rings. The van der Waals surface area contributed by atoms with Crippen LogP contribution in [-0.4, -0.2) is 11.0 Å². The lowest BCUT2D eigenvalue weighted by Crippen LogP contribution is -2.27. The fraction of sp³-hybridized carbons (Fsp3) is 0.250. The highest BCUT2D eigenvalue weighted by Gasteiger charge is 2.04. The molecule has 0 spiro atoms. The second-order valence-electron chi connectivity index (χ2n) is 2.47. The summed E-state index contributed by atoms with van der Waals surface area (Å²) in [7, 11) is 0. The zero-order chi connectivity index (χ0) is 8.97. The Balaban J connectivity index is 0.00000144. The molecular weight excluding hydrogens is 192 g/mol. The second kappa shape index (κ2) is 5.50. The molecule has 0 amide bonds. The first kappa shape index (κ1) is 11.9. The molecule has 13 heavy (non-hydrogen) atoms. The van der Waals surface area contributed by atoms with E-state index in [2.05, 4.69) is 4.98 Å². The number of nitrogens with two attached hydrogens (primary N) is 1. The molecule has 1 unspecified atom stereocenters. The van der Waals surface area contributed by atoms with E-state index < -0.39 is 12.0 Å². The van der Waals surface area contributed by atoms with E-state index in [1.54, 1.807) is 24.5 Å². The van der Waals surface area contributed by atoms with Crippen molar-refractivity contribution in [1.29, 1.82) is 0 Å². The molecule has 0 aromatic carbocycles. The van der Waals surface area contributed by atoms with Crippen molar-refractivity contribution in [3.8, 4) is 0 Å². The Labute approximate surface area is 82.2 Å². The Bertz CT molecular complexity index is 266. The van der Waals surface area contributed by atoms with Gasteiger partial charge < -0.3 is 15.6 Å². The van der Waals surface area contributed by atoms with Crippen LogP contribution < -0.4 is 10.8 Å². The number of hydrogen-bond acceptors (Lipinski definition) is 4. The van der Waals surface area contributed by atoms with Gasteiger partial charge in [-0.1, -0.05) is 6.07 Å². The number of hydrogen-bond donors (Lipinski definition) is 1. The Kier molecular flexibility index (Phi) is 5.03. The van der Waals surface area contributed by atoms with Gasteiger partial charge in [0.15, 0.2) is 0 Å². The van der Waals surface area contributed by atoms with Gasteiger partial charge in [-0.05, 0) is 11.6 Å². The predicted molar refractivity (Wildman–Crippen MR) is 48.0 cm³/mol. The number of carbonyl (C=O) groups is 1. The third-order valence-corrected chi connectivity index (χ3v) is 1.50. The fourth-order valence-electron chi connectivity index (χ4n) is 0.893. The molecule has 0 aliphatic heterocycles. The van der Waals surface area contributed by atoms with Gasteiger partial charge in [-0.3, -0.25) is 4.98 Å². The molecule has 2 N–H and O–H groups in total. The molecule has 0 aliphatic carbocycles. The van der Waals surface area contributed by atoms with Crippen LogP contribution in [0.4, 0.5) is 0 Å². The molecule has 1 heterocycles. The van der Waals surface area contributed by atoms with Crippen LogP contribution in [0.5, 0.6) is 0 Å². The van der Waals surface area contributed by atoms with Crippen LogP contribution in [-0.2, 0) is 4.79 Å². The summed E-state index contributed by atoms with van der Waals surface area (Å²) in [6.07, 6.45) is 2.98. The molecule has 1 rings (SSSR count). The molecule has 1 aromatic heterocycles. The minimum absolute atomic E-state index is 0. The minimum Gasteiger partial charge on any atom is -0.550 e. The zero-order valence-corrected chi connectivity index (χ0v) is 7.66. The first-order valence-electron chi connectivity index (χ1n) is 3.55. The molecule has 0 radical (unpaired) electrons. The number of halogens is 1. The van der Waals surface area contributed by atoms with Crippen molar-refractivity contribution >= 4 is 18.4 Å². The van der Waals surface area contributed by atoms with Crippen molar-refractivity contribution in [2.24, 2.45) is 5.73 Å². The number of carbonyl (C=O) groups excluding carboxylic acids is 1. The fourth-order valence-corrected chi connectivity index (χ4v) is 0.893. The van der Waals surface area contributed by atoms with Gasteiger partial charge in [0.05, 0.1) is 0 Å².